The number of rotatable bonds is 2. The van der Waals surface area contributed by atoms with Crippen molar-refractivity contribution in [2.24, 2.45) is 5.73 Å². The number of halogens is 1. The Morgan fingerprint density at radius 2 is 2.23 bits per heavy atom. The molecule has 1 rings (SSSR count). The van der Waals surface area contributed by atoms with Crippen LogP contribution in [0.4, 0.5) is 0 Å². The van der Waals surface area contributed by atoms with Crippen LogP contribution in [0.15, 0.2) is 28.7 Å². The topological polar surface area (TPSA) is 63.3 Å². The highest BCUT2D eigenvalue weighted by atomic mass is 79.9. The van der Waals surface area contributed by atoms with Crippen molar-refractivity contribution in [1.29, 1.82) is 0 Å². The van der Waals surface area contributed by atoms with Crippen LogP contribution in [0.2, 0.25) is 0 Å². The van der Waals surface area contributed by atoms with Gasteiger partial charge in [-0.2, -0.15) is 0 Å². The first-order valence-electron chi connectivity index (χ1n) is 3.55. The van der Waals surface area contributed by atoms with Crippen molar-refractivity contribution < 1.29 is 9.90 Å². The average Bonchev–Trinajstić information content (AvgIpc) is 2.06. The van der Waals surface area contributed by atoms with Gasteiger partial charge in [-0.15, -0.1) is 0 Å². The fourth-order valence-corrected chi connectivity index (χ4v) is 1.21. The zero-order valence-electron chi connectivity index (χ0n) is 6.70. The zero-order valence-corrected chi connectivity index (χ0v) is 8.28. The van der Waals surface area contributed by atoms with Crippen LogP contribution < -0.4 is 5.73 Å². The van der Waals surface area contributed by atoms with Gasteiger partial charge in [-0.05, 0) is 24.3 Å². The van der Waals surface area contributed by atoms with Gasteiger partial charge in [0, 0.05) is 16.1 Å². The van der Waals surface area contributed by atoms with Crippen molar-refractivity contribution in [3.05, 3.63) is 34.3 Å². The molecule has 0 aliphatic rings. The van der Waals surface area contributed by atoms with E-state index >= 15 is 0 Å². The van der Waals surface area contributed by atoms with Crippen molar-refractivity contribution in [2.75, 3.05) is 0 Å². The highest BCUT2D eigenvalue weighted by Crippen LogP contribution is 2.22. The maximum atomic E-state index is 10.4. The molecule has 0 spiro atoms. The lowest BCUT2D eigenvalue weighted by Crippen LogP contribution is -2.05. The number of carbonyl (C=O) groups is 1. The van der Waals surface area contributed by atoms with E-state index in [2.05, 4.69) is 15.9 Å². The number of aromatic hydroxyl groups is 1. The van der Waals surface area contributed by atoms with Gasteiger partial charge in [-0.25, -0.2) is 0 Å². The molecule has 1 aromatic rings. The Labute approximate surface area is 84.0 Å². The van der Waals surface area contributed by atoms with Gasteiger partial charge >= 0.3 is 0 Å². The van der Waals surface area contributed by atoms with E-state index in [1.807, 2.05) is 0 Å². The van der Waals surface area contributed by atoms with Crippen molar-refractivity contribution >= 4 is 27.9 Å². The minimum Gasteiger partial charge on any atom is -0.507 e. The van der Waals surface area contributed by atoms with Crippen LogP contribution in [0.1, 0.15) is 5.56 Å². The predicted molar refractivity (Wildman–Crippen MR) is 54.0 cm³/mol. The Bertz CT molecular complexity index is 361. The van der Waals surface area contributed by atoms with Gasteiger partial charge in [-0.3, -0.25) is 4.79 Å². The normalized spacial score (nSPS) is 10.5. The lowest BCUT2D eigenvalue weighted by Gasteiger charge is -1.98. The number of benzene rings is 1. The summed E-state index contributed by atoms with van der Waals surface area (Å²) in [4.78, 5) is 10.4. The van der Waals surface area contributed by atoms with E-state index in [0.717, 1.165) is 4.47 Å². The van der Waals surface area contributed by atoms with E-state index < -0.39 is 5.91 Å². The molecule has 0 radical (unpaired) electrons. The van der Waals surface area contributed by atoms with Crippen LogP contribution in [-0.2, 0) is 4.79 Å². The monoisotopic (exact) mass is 241 g/mol. The molecule has 0 heterocycles. The summed E-state index contributed by atoms with van der Waals surface area (Å²) in [7, 11) is 0. The molecule has 1 amide bonds. The van der Waals surface area contributed by atoms with Gasteiger partial charge in [0.2, 0.25) is 5.91 Å². The second-order valence-corrected chi connectivity index (χ2v) is 3.35. The fraction of sp³-hybridized carbons (Fsp3) is 0. The van der Waals surface area contributed by atoms with E-state index in [1.165, 1.54) is 18.2 Å². The third-order valence-electron chi connectivity index (χ3n) is 1.42. The first kappa shape index (κ1) is 9.80. The summed E-state index contributed by atoms with van der Waals surface area (Å²) in [6.07, 6.45) is 2.66. The van der Waals surface area contributed by atoms with Crippen LogP contribution >= 0.6 is 15.9 Å². The number of primary amides is 1. The smallest absolute Gasteiger partial charge is 0.241 e. The molecule has 68 valence electrons. The standard InChI is InChI=1S/C9H8BrNO2/c10-7-2-3-8(12)6(5-7)1-4-9(11)13/h1-5,12H,(H2,11,13)/b4-1+. The van der Waals surface area contributed by atoms with Crippen molar-refractivity contribution in [1.82, 2.24) is 0 Å². The minimum atomic E-state index is -0.542. The van der Waals surface area contributed by atoms with Crippen LogP contribution in [0, 0.1) is 0 Å². The SMILES string of the molecule is NC(=O)/C=C/c1cc(Br)ccc1O. The number of nitrogens with two attached hydrogens (primary N) is 1. The Kier molecular flexibility index (Phi) is 3.08. The van der Waals surface area contributed by atoms with Gasteiger partial charge in [-0.1, -0.05) is 15.9 Å². The minimum absolute atomic E-state index is 0.112. The molecule has 0 saturated carbocycles. The molecule has 3 N–H and O–H groups in total. The molecule has 13 heavy (non-hydrogen) atoms. The number of phenolic OH excluding ortho intramolecular Hbond substituents is 1. The zero-order chi connectivity index (χ0) is 9.84. The molecule has 4 heteroatoms. The average molecular weight is 242 g/mol. The highest BCUT2D eigenvalue weighted by Gasteiger charge is 1.97. The number of hydrogen-bond acceptors (Lipinski definition) is 2. The summed E-state index contributed by atoms with van der Waals surface area (Å²) in [5.41, 5.74) is 5.46. The van der Waals surface area contributed by atoms with E-state index in [9.17, 15) is 9.90 Å². The quantitative estimate of drug-likeness (QED) is 0.774. The molecular formula is C9H8BrNO2. The van der Waals surface area contributed by atoms with E-state index in [1.54, 1.807) is 12.1 Å². The Morgan fingerprint density at radius 1 is 1.54 bits per heavy atom. The van der Waals surface area contributed by atoms with E-state index in [-0.39, 0.29) is 5.75 Å². The summed E-state index contributed by atoms with van der Waals surface area (Å²) in [5, 5.41) is 9.32. The lowest BCUT2D eigenvalue weighted by molar-refractivity contribution is -0.113. The molecule has 0 aromatic heterocycles. The molecular weight excluding hydrogens is 234 g/mol. The first-order chi connectivity index (χ1) is 6.09. The Balaban J connectivity index is 3.00. The second-order valence-electron chi connectivity index (χ2n) is 2.44. The lowest BCUT2D eigenvalue weighted by atomic mass is 10.2. The summed E-state index contributed by atoms with van der Waals surface area (Å²) in [5.74, 6) is -0.430. The molecule has 0 saturated heterocycles. The molecule has 0 aliphatic carbocycles. The van der Waals surface area contributed by atoms with Crippen molar-refractivity contribution in [2.45, 2.75) is 0 Å². The molecule has 3 nitrogen and oxygen atoms in total. The van der Waals surface area contributed by atoms with Gasteiger partial charge in [0.25, 0.3) is 0 Å². The maximum Gasteiger partial charge on any atom is 0.241 e. The van der Waals surface area contributed by atoms with Crippen LogP contribution in [0.25, 0.3) is 6.08 Å². The van der Waals surface area contributed by atoms with Crippen LogP contribution in [-0.4, -0.2) is 11.0 Å². The van der Waals surface area contributed by atoms with Crippen LogP contribution in [0.5, 0.6) is 5.75 Å². The summed E-state index contributed by atoms with van der Waals surface area (Å²) < 4.78 is 0.828. The molecule has 0 unspecified atom stereocenters. The number of amides is 1. The number of phenols is 1. The van der Waals surface area contributed by atoms with Gasteiger partial charge in [0.15, 0.2) is 0 Å². The molecule has 0 bridgehead atoms. The first-order valence-corrected chi connectivity index (χ1v) is 4.35. The molecule has 0 aliphatic heterocycles. The molecule has 0 fully saturated rings. The van der Waals surface area contributed by atoms with Crippen LogP contribution in [0.3, 0.4) is 0 Å². The second kappa shape index (κ2) is 4.09. The molecule has 1 aromatic carbocycles. The van der Waals surface area contributed by atoms with Gasteiger partial charge in [0.05, 0.1) is 0 Å². The summed E-state index contributed by atoms with van der Waals surface area (Å²) in [6, 6.07) is 4.93. The van der Waals surface area contributed by atoms with E-state index in [0.29, 0.717) is 5.56 Å². The van der Waals surface area contributed by atoms with Gasteiger partial charge < -0.3 is 10.8 Å². The highest BCUT2D eigenvalue weighted by molar-refractivity contribution is 9.10. The van der Waals surface area contributed by atoms with E-state index in [4.69, 9.17) is 5.73 Å². The number of carbonyl (C=O) groups excluding carboxylic acids is 1. The summed E-state index contributed by atoms with van der Waals surface area (Å²) in [6.45, 7) is 0. The largest absolute Gasteiger partial charge is 0.507 e. The third-order valence-corrected chi connectivity index (χ3v) is 1.91. The third kappa shape index (κ3) is 2.91. The Morgan fingerprint density at radius 3 is 2.85 bits per heavy atom. The fourth-order valence-electron chi connectivity index (χ4n) is 0.831. The predicted octanol–water partition coefficient (Wildman–Crippen LogP) is 1.65. The Hall–Kier alpha value is -1.29. The van der Waals surface area contributed by atoms with Crippen molar-refractivity contribution in [3.63, 3.8) is 0 Å². The maximum absolute atomic E-state index is 10.4. The van der Waals surface area contributed by atoms with Gasteiger partial charge in [0.1, 0.15) is 5.75 Å². The molecule has 0 atom stereocenters. The summed E-state index contributed by atoms with van der Waals surface area (Å²) >= 11 is 3.24. The number of hydrogen-bond donors (Lipinski definition) is 2. The van der Waals surface area contributed by atoms with Crippen molar-refractivity contribution in [3.8, 4) is 5.75 Å².